The van der Waals surface area contributed by atoms with Gasteiger partial charge in [0, 0.05) is 25.1 Å². The van der Waals surface area contributed by atoms with Gasteiger partial charge in [-0.2, -0.15) is 0 Å². The summed E-state index contributed by atoms with van der Waals surface area (Å²) in [6.45, 7) is 0.650. The first-order valence-electron chi connectivity index (χ1n) is 5.85. The molecule has 0 aromatic heterocycles. The third-order valence-electron chi connectivity index (χ3n) is 3.19. The predicted octanol–water partition coefficient (Wildman–Crippen LogP) is 0.934. The van der Waals surface area contributed by atoms with Crippen LogP contribution >= 0.6 is 0 Å². The van der Waals surface area contributed by atoms with E-state index in [9.17, 15) is 14.3 Å². The number of methoxy groups -OCH3 is 1. The van der Waals surface area contributed by atoms with E-state index in [2.05, 4.69) is 0 Å². The Hall–Kier alpha value is -1.46. The molecule has 0 bridgehead atoms. The number of carbonyl (C=O) groups is 1. The summed E-state index contributed by atoms with van der Waals surface area (Å²) in [6.07, 6.45) is -0.234. The van der Waals surface area contributed by atoms with Crippen molar-refractivity contribution >= 4 is 5.97 Å². The zero-order chi connectivity index (χ0) is 13.1. The number of aliphatic hydroxyl groups excluding tert-OH is 1. The van der Waals surface area contributed by atoms with E-state index in [1.807, 2.05) is 0 Å². The average Bonchev–Trinajstić information content (AvgIpc) is 2.72. The summed E-state index contributed by atoms with van der Waals surface area (Å²) in [4.78, 5) is 13.3. The molecular formula is C13H16FNO3. The highest BCUT2D eigenvalue weighted by atomic mass is 19.1. The van der Waals surface area contributed by atoms with Gasteiger partial charge < -0.3 is 9.84 Å². The van der Waals surface area contributed by atoms with Gasteiger partial charge in [0.25, 0.3) is 0 Å². The maximum Gasteiger partial charge on any atom is 0.323 e. The van der Waals surface area contributed by atoms with Gasteiger partial charge in [-0.15, -0.1) is 0 Å². The van der Waals surface area contributed by atoms with Crippen LogP contribution in [0.4, 0.5) is 4.39 Å². The molecule has 1 aromatic carbocycles. The lowest BCUT2D eigenvalue weighted by molar-refractivity contribution is -0.146. The lowest BCUT2D eigenvalue weighted by atomic mass is 10.1. The number of hydrogen-bond donors (Lipinski definition) is 1. The van der Waals surface area contributed by atoms with Crippen molar-refractivity contribution in [3.8, 4) is 0 Å². The fourth-order valence-corrected chi connectivity index (χ4v) is 2.28. The van der Waals surface area contributed by atoms with Crippen LogP contribution in [-0.4, -0.2) is 41.8 Å². The van der Waals surface area contributed by atoms with Crippen LogP contribution in [0, 0.1) is 5.82 Å². The molecule has 1 aliphatic heterocycles. The molecule has 98 valence electrons. The summed E-state index contributed by atoms with van der Waals surface area (Å²) in [5, 5.41) is 9.62. The normalized spacial score (nSPS) is 24.2. The SMILES string of the molecule is COC(=O)[C@@H]1C[C@H](O)CN1Cc1ccccc1F. The molecule has 18 heavy (non-hydrogen) atoms. The van der Waals surface area contributed by atoms with Crippen molar-refractivity contribution in [1.82, 2.24) is 4.90 Å². The predicted molar refractivity (Wildman–Crippen MR) is 63.2 cm³/mol. The maximum absolute atomic E-state index is 13.5. The van der Waals surface area contributed by atoms with Crippen LogP contribution in [0.3, 0.4) is 0 Å². The van der Waals surface area contributed by atoms with E-state index in [1.54, 1.807) is 23.1 Å². The number of carbonyl (C=O) groups excluding carboxylic acids is 1. The van der Waals surface area contributed by atoms with Crippen molar-refractivity contribution in [2.75, 3.05) is 13.7 Å². The number of halogens is 1. The molecule has 2 atom stereocenters. The summed E-state index contributed by atoms with van der Waals surface area (Å²) < 4.78 is 18.2. The molecule has 1 saturated heterocycles. The van der Waals surface area contributed by atoms with Crippen molar-refractivity contribution in [2.24, 2.45) is 0 Å². The Balaban J connectivity index is 2.12. The molecule has 2 rings (SSSR count). The van der Waals surface area contributed by atoms with Crippen molar-refractivity contribution in [3.05, 3.63) is 35.6 Å². The maximum atomic E-state index is 13.5. The van der Waals surface area contributed by atoms with Crippen molar-refractivity contribution in [1.29, 1.82) is 0 Å². The molecule has 1 aliphatic rings. The van der Waals surface area contributed by atoms with E-state index < -0.39 is 12.1 Å². The second kappa shape index (κ2) is 5.46. The third-order valence-corrected chi connectivity index (χ3v) is 3.19. The number of β-amino-alcohol motifs (C(OH)–C–C–N with tert-alkyl or cyclic N) is 1. The molecule has 1 fully saturated rings. The van der Waals surface area contributed by atoms with Gasteiger partial charge in [-0.3, -0.25) is 9.69 Å². The van der Waals surface area contributed by atoms with Crippen LogP contribution in [0.5, 0.6) is 0 Å². The molecule has 0 radical (unpaired) electrons. The van der Waals surface area contributed by atoms with Gasteiger partial charge in [0.05, 0.1) is 13.2 Å². The van der Waals surface area contributed by atoms with E-state index in [-0.39, 0.29) is 11.8 Å². The summed E-state index contributed by atoms with van der Waals surface area (Å²) in [5.41, 5.74) is 0.514. The zero-order valence-corrected chi connectivity index (χ0v) is 10.2. The van der Waals surface area contributed by atoms with Crippen LogP contribution in [0.2, 0.25) is 0 Å². The summed E-state index contributed by atoms with van der Waals surface area (Å²) in [7, 11) is 1.31. The lowest BCUT2D eigenvalue weighted by Gasteiger charge is -2.22. The van der Waals surface area contributed by atoms with Crippen LogP contribution in [0.25, 0.3) is 0 Å². The quantitative estimate of drug-likeness (QED) is 0.814. The van der Waals surface area contributed by atoms with Gasteiger partial charge in [-0.25, -0.2) is 4.39 Å². The molecule has 0 saturated carbocycles. The van der Waals surface area contributed by atoms with Crippen molar-refractivity contribution < 1.29 is 19.0 Å². The zero-order valence-electron chi connectivity index (χ0n) is 10.2. The van der Waals surface area contributed by atoms with E-state index in [1.165, 1.54) is 13.2 Å². The largest absolute Gasteiger partial charge is 0.468 e. The minimum Gasteiger partial charge on any atom is -0.468 e. The molecule has 0 amide bonds. The van der Waals surface area contributed by atoms with Crippen molar-refractivity contribution in [3.63, 3.8) is 0 Å². The molecule has 5 heteroatoms. The number of esters is 1. The fraction of sp³-hybridized carbons (Fsp3) is 0.462. The number of hydrogen-bond acceptors (Lipinski definition) is 4. The van der Waals surface area contributed by atoms with Gasteiger partial charge in [-0.05, 0) is 6.07 Å². The number of rotatable bonds is 3. The monoisotopic (exact) mass is 253 g/mol. The second-order valence-electron chi connectivity index (χ2n) is 4.45. The highest BCUT2D eigenvalue weighted by molar-refractivity contribution is 5.76. The Kier molecular flexibility index (Phi) is 3.93. The summed E-state index contributed by atoms with van der Waals surface area (Å²) >= 11 is 0. The van der Waals surface area contributed by atoms with Crippen molar-refractivity contribution in [2.45, 2.75) is 25.1 Å². The Morgan fingerprint density at radius 1 is 1.56 bits per heavy atom. The van der Waals surface area contributed by atoms with Gasteiger partial charge in [0.1, 0.15) is 11.9 Å². The first-order valence-corrected chi connectivity index (χ1v) is 5.85. The summed E-state index contributed by atoms with van der Waals surface area (Å²) in [6, 6.07) is 5.93. The Morgan fingerprint density at radius 3 is 2.94 bits per heavy atom. The van der Waals surface area contributed by atoms with Crippen LogP contribution in [-0.2, 0) is 16.1 Å². The molecule has 0 unspecified atom stereocenters. The Morgan fingerprint density at radius 2 is 2.28 bits per heavy atom. The van der Waals surface area contributed by atoms with Gasteiger partial charge in [0.15, 0.2) is 0 Å². The first kappa shape index (κ1) is 13.0. The van der Waals surface area contributed by atoms with Crippen LogP contribution < -0.4 is 0 Å². The Bertz CT molecular complexity index is 438. The third kappa shape index (κ3) is 2.68. The number of ether oxygens (including phenoxy) is 1. The molecule has 0 aliphatic carbocycles. The summed E-state index contributed by atoms with van der Waals surface area (Å²) in [5.74, 6) is -0.689. The highest BCUT2D eigenvalue weighted by Crippen LogP contribution is 2.22. The number of nitrogens with zero attached hydrogens (tertiary/aromatic N) is 1. The van der Waals surface area contributed by atoms with Gasteiger partial charge >= 0.3 is 5.97 Å². The molecule has 1 heterocycles. The molecule has 1 N–H and O–H groups in total. The van der Waals surface area contributed by atoms with Gasteiger partial charge in [-0.1, -0.05) is 18.2 Å². The lowest BCUT2D eigenvalue weighted by Crippen LogP contribution is -2.36. The minimum atomic E-state index is -0.569. The minimum absolute atomic E-state index is 0.295. The molecular weight excluding hydrogens is 237 g/mol. The van der Waals surface area contributed by atoms with Crippen LogP contribution in [0.1, 0.15) is 12.0 Å². The molecule has 1 aromatic rings. The first-order chi connectivity index (χ1) is 8.61. The highest BCUT2D eigenvalue weighted by Gasteiger charge is 2.36. The fourth-order valence-electron chi connectivity index (χ4n) is 2.28. The van der Waals surface area contributed by atoms with Crippen LogP contribution in [0.15, 0.2) is 24.3 Å². The topological polar surface area (TPSA) is 49.8 Å². The smallest absolute Gasteiger partial charge is 0.323 e. The van der Waals surface area contributed by atoms with E-state index in [0.717, 1.165) is 0 Å². The molecule has 4 nitrogen and oxygen atoms in total. The second-order valence-corrected chi connectivity index (χ2v) is 4.45. The Labute approximate surface area is 105 Å². The number of aliphatic hydroxyl groups is 1. The van der Waals surface area contributed by atoms with Gasteiger partial charge in [0.2, 0.25) is 0 Å². The number of benzene rings is 1. The van der Waals surface area contributed by atoms with E-state index in [0.29, 0.717) is 25.1 Å². The van der Waals surface area contributed by atoms with E-state index >= 15 is 0 Å². The molecule has 0 spiro atoms. The average molecular weight is 253 g/mol. The van der Waals surface area contributed by atoms with E-state index in [4.69, 9.17) is 4.74 Å². The number of likely N-dealkylation sites (tertiary alicyclic amines) is 1. The standard InChI is InChI=1S/C13H16FNO3/c1-18-13(17)12-6-10(16)8-15(12)7-9-4-2-3-5-11(9)14/h2-5,10,12,16H,6-8H2,1H3/t10-,12-/m0/s1.